The smallest absolute Gasteiger partial charge is 0.265 e. The fraction of sp³-hybridized carbons (Fsp3) is 0.476. The lowest BCUT2D eigenvalue weighted by Gasteiger charge is -2.43. The molecule has 2 aromatic heterocycles. The fourth-order valence-corrected chi connectivity index (χ4v) is 4.30. The van der Waals surface area contributed by atoms with Crippen molar-refractivity contribution >= 4 is 23.2 Å². The van der Waals surface area contributed by atoms with Crippen molar-refractivity contribution in [3.05, 3.63) is 41.5 Å². The molecule has 7 nitrogen and oxygen atoms in total. The zero-order valence-electron chi connectivity index (χ0n) is 17.5. The molecule has 1 saturated carbocycles. The number of primary amides is 1. The van der Waals surface area contributed by atoms with Crippen molar-refractivity contribution in [3.8, 4) is 0 Å². The summed E-state index contributed by atoms with van der Waals surface area (Å²) in [4.78, 5) is 20.7. The van der Waals surface area contributed by atoms with Gasteiger partial charge < -0.3 is 16.4 Å². The van der Waals surface area contributed by atoms with Gasteiger partial charge in [0.1, 0.15) is 11.9 Å². The van der Waals surface area contributed by atoms with Crippen LogP contribution in [0, 0.1) is 12.7 Å². The summed E-state index contributed by atoms with van der Waals surface area (Å²) < 4.78 is 15.4. The Balaban J connectivity index is 2.05. The molecule has 156 valence electrons. The minimum atomic E-state index is -0.729. The highest BCUT2D eigenvalue weighted by molar-refractivity contribution is 5.98. The number of nitrogens with one attached hydrogen (secondary N) is 2. The van der Waals surface area contributed by atoms with Crippen LogP contribution in [0.3, 0.4) is 0 Å². The molecule has 1 amide bonds. The van der Waals surface area contributed by atoms with E-state index in [0.29, 0.717) is 5.69 Å². The maximum absolute atomic E-state index is 15.1. The number of hydrogen-bond acceptors (Lipinski definition) is 5. The summed E-state index contributed by atoms with van der Waals surface area (Å²) in [6, 6.07) is 5.23. The molecular formula is C21H30FN6O+. The van der Waals surface area contributed by atoms with Crippen LogP contribution in [0.25, 0.3) is 0 Å². The lowest BCUT2D eigenvalue weighted by Crippen LogP contribution is -2.60. The van der Waals surface area contributed by atoms with Gasteiger partial charge >= 0.3 is 0 Å². The van der Waals surface area contributed by atoms with E-state index in [2.05, 4.69) is 20.6 Å². The predicted octanol–water partition coefficient (Wildman–Crippen LogP) is 2.86. The second-order valence-corrected chi connectivity index (χ2v) is 8.15. The number of aromatic nitrogens is 2. The van der Waals surface area contributed by atoms with Gasteiger partial charge in [-0.2, -0.15) is 9.37 Å². The fourth-order valence-electron chi connectivity index (χ4n) is 4.30. The number of amides is 1. The largest absolute Gasteiger partial charge is 0.365 e. The number of halogens is 1. The summed E-state index contributed by atoms with van der Waals surface area (Å²) in [5.74, 6) is -0.717. The first-order valence-corrected chi connectivity index (χ1v) is 9.95. The predicted molar refractivity (Wildman–Crippen MR) is 114 cm³/mol. The minimum Gasteiger partial charge on any atom is -0.365 e. The van der Waals surface area contributed by atoms with Crippen molar-refractivity contribution in [1.29, 1.82) is 0 Å². The molecule has 3 rings (SSSR count). The van der Waals surface area contributed by atoms with Gasteiger partial charge in [0.2, 0.25) is 5.82 Å². The van der Waals surface area contributed by atoms with Crippen molar-refractivity contribution in [2.45, 2.75) is 44.7 Å². The van der Waals surface area contributed by atoms with E-state index in [1.165, 1.54) is 6.07 Å². The number of carbonyl (C=O) groups is 1. The van der Waals surface area contributed by atoms with Gasteiger partial charge in [0, 0.05) is 24.0 Å². The second kappa shape index (κ2) is 8.42. The Morgan fingerprint density at radius 3 is 2.66 bits per heavy atom. The Morgan fingerprint density at radius 1 is 1.28 bits per heavy atom. The number of nitrogens with zero attached hydrogens (tertiary/aromatic N) is 3. The number of carbonyl (C=O) groups excluding carboxylic acids is 1. The maximum Gasteiger partial charge on any atom is 0.265 e. The molecule has 0 bridgehead atoms. The van der Waals surface area contributed by atoms with E-state index < -0.39 is 11.7 Å². The van der Waals surface area contributed by atoms with Gasteiger partial charge in [-0.3, -0.25) is 14.3 Å². The molecule has 0 saturated heterocycles. The molecule has 1 fully saturated rings. The van der Waals surface area contributed by atoms with E-state index in [1.807, 2.05) is 34.1 Å². The number of pyridine rings is 2. The van der Waals surface area contributed by atoms with E-state index >= 15 is 4.39 Å². The molecule has 29 heavy (non-hydrogen) atoms. The van der Waals surface area contributed by atoms with Gasteiger partial charge in [-0.15, -0.1) is 0 Å². The van der Waals surface area contributed by atoms with E-state index in [9.17, 15) is 4.79 Å². The van der Waals surface area contributed by atoms with Crippen molar-refractivity contribution in [3.63, 3.8) is 0 Å². The summed E-state index contributed by atoms with van der Waals surface area (Å²) in [6.45, 7) is 1.87. The van der Waals surface area contributed by atoms with Gasteiger partial charge in [-0.05, 0) is 45.0 Å². The lowest BCUT2D eigenvalue weighted by molar-refractivity contribution is 0.1000. The molecule has 4 N–H and O–H groups in total. The highest BCUT2D eigenvalue weighted by Gasteiger charge is 2.41. The number of aryl methyl sites for hydroxylation is 1. The van der Waals surface area contributed by atoms with E-state index in [4.69, 9.17) is 5.73 Å². The molecule has 0 radical (unpaired) electrons. The van der Waals surface area contributed by atoms with Gasteiger partial charge in [-0.1, -0.05) is 6.42 Å². The van der Waals surface area contributed by atoms with Crippen LogP contribution in [0.4, 0.5) is 21.7 Å². The molecule has 0 spiro atoms. The zero-order chi connectivity index (χ0) is 21.2. The highest BCUT2D eigenvalue weighted by atomic mass is 19.1. The van der Waals surface area contributed by atoms with Crippen molar-refractivity contribution < 1.29 is 9.18 Å². The first kappa shape index (κ1) is 21.1. The Labute approximate surface area is 171 Å². The van der Waals surface area contributed by atoms with Crippen LogP contribution < -0.4 is 20.9 Å². The number of nitrogens with two attached hydrogens (primary N) is 1. The molecule has 0 aliphatic heterocycles. The van der Waals surface area contributed by atoms with Gasteiger partial charge in [0.25, 0.3) is 11.7 Å². The Morgan fingerprint density at radius 2 is 2.00 bits per heavy atom. The molecule has 8 heteroatoms. The Kier molecular flexibility index (Phi) is 6.14. The number of rotatable bonds is 6. The average molecular weight is 402 g/mol. The Bertz CT molecular complexity index is 901. The molecule has 1 aliphatic rings. The first-order valence-electron chi connectivity index (χ1n) is 9.95. The summed E-state index contributed by atoms with van der Waals surface area (Å²) in [6.07, 6.45) is 5.94. The summed E-state index contributed by atoms with van der Waals surface area (Å²) in [5.41, 5.74) is 7.04. The van der Waals surface area contributed by atoms with Gasteiger partial charge in [-0.25, -0.2) is 0 Å². The van der Waals surface area contributed by atoms with E-state index in [0.717, 1.165) is 31.4 Å². The molecule has 2 heterocycles. The molecule has 2 unspecified atom stereocenters. The van der Waals surface area contributed by atoms with Crippen LogP contribution >= 0.6 is 0 Å². The standard InChI is InChI=1S/C21H29FN6O/c1-13-11-14(9-10-25-13)26-20-15(19(23)29)12-16(22)21(27-20)28(3,4)18-8-6-5-7-17(18)24-2/h9-12,17-18,24H,5-8H2,1-4H3,(H2-,23,25,26,27,29)/p+1. The minimum absolute atomic E-state index is 0.0227. The monoisotopic (exact) mass is 401 g/mol. The van der Waals surface area contributed by atoms with Crippen LogP contribution in [0.1, 0.15) is 41.7 Å². The number of anilines is 2. The van der Waals surface area contributed by atoms with Crippen molar-refractivity contribution in [1.82, 2.24) is 19.8 Å². The quantitative estimate of drug-likeness (QED) is 0.647. The Hall–Kier alpha value is -2.58. The molecule has 2 aromatic rings. The topological polar surface area (TPSA) is 92.9 Å². The van der Waals surface area contributed by atoms with Crippen LogP contribution in [-0.2, 0) is 0 Å². The highest BCUT2D eigenvalue weighted by Crippen LogP contribution is 2.34. The normalized spacial score (nSPS) is 19.8. The van der Waals surface area contributed by atoms with Crippen LogP contribution in [0.15, 0.2) is 24.4 Å². The number of hydrogen-bond donors (Lipinski definition) is 3. The third-order valence-corrected chi connectivity index (χ3v) is 5.86. The van der Waals surface area contributed by atoms with Crippen LogP contribution in [0.2, 0.25) is 0 Å². The molecule has 1 aliphatic carbocycles. The first-order chi connectivity index (χ1) is 13.7. The second-order valence-electron chi connectivity index (χ2n) is 8.15. The summed E-state index contributed by atoms with van der Waals surface area (Å²) in [7, 11) is 5.88. The maximum atomic E-state index is 15.1. The average Bonchev–Trinajstić information content (AvgIpc) is 2.68. The van der Waals surface area contributed by atoms with E-state index in [-0.39, 0.29) is 33.8 Å². The third kappa shape index (κ3) is 4.38. The molecule has 0 aromatic carbocycles. The van der Waals surface area contributed by atoms with E-state index in [1.54, 1.807) is 12.3 Å². The van der Waals surface area contributed by atoms with Gasteiger partial charge in [0.05, 0.1) is 25.7 Å². The molecule has 2 atom stereocenters. The van der Waals surface area contributed by atoms with Crippen LogP contribution in [0.5, 0.6) is 0 Å². The SMILES string of the molecule is CNC1CCCCC1[N+](C)(C)c1nc(Nc2ccnc(C)c2)c(C(N)=O)cc1F. The number of quaternary nitrogens is 1. The third-order valence-electron chi connectivity index (χ3n) is 5.86. The van der Waals surface area contributed by atoms with Gasteiger partial charge in [0.15, 0.2) is 0 Å². The zero-order valence-corrected chi connectivity index (χ0v) is 17.5. The van der Waals surface area contributed by atoms with Crippen LogP contribution in [-0.4, -0.2) is 49.1 Å². The lowest BCUT2D eigenvalue weighted by atomic mass is 9.88. The number of likely N-dealkylation sites (N-methyl/N-ethyl adjacent to an activating group) is 2. The molecular weight excluding hydrogens is 371 g/mol. The summed E-state index contributed by atoms with van der Waals surface area (Å²) in [5, 5.41) is 6.50. The van der Waals surface area contributed by atoms with Crippen molar-refractivity contribution in [2.24, 2.45) is 5.73 Å². The van der Waals surface area contributed by atoms with Crippen molar-refractivity contribution in [2.75, 3.05) is 26.5 Å². The summed E-state index contributed by atoms with van der Waals surface area (Å²) >= 11 is 0.